The van der Waals surface area contributed by atoms with E-state index in [2.05, 4.69) is 18.7 Å². The van der Waals surface area contributed by atoms with E-state index in [0.717, 1.165) is 42.8 Å². The average Bonchev–Trinajstić information content (AvgIpc) is 2.47. The summed E-state index contributed by atoms with van der Waals surface area (Å²) in [4.78, 5) is 2.42. The molecule has 0 saturated carbocycles. The van der Waals surface area contributed by atoms with Crippen LogP contribution in [0.3, 0.4) is 0 Å². The number of piperidine rings is 1. The molecule has 1 fully saturated rings. The Kier molecular flexibility index (Phi) is 5.68. The molecule has 1 heterocycles. The van der Waals surface area contributed by atoms with Crippen LogP contribution < -0.4 is 10.2 Å². The molecule has 0 aliphatic carbocycles. The first kappa shape index (κ1) is 16.3. The van der Waals surface area contributed by atoms with E-state index in [1.165, 1.54) is 12.8 Å². The molecule has 0 bridgehead atoms. The first-order valence-corrected chi connectivity index (χ1v) is 7.76. The Bertz CT molecular complexity index is 457. The standard InChI is InChI=1S/C16H26BNO3/c1-12(2)13-6-8-18(9-7-13)11-14-10-15(17(19)20)4-5-16(14)21-3/h4-5,10,12-13,19-20H,6-9,11H2,1-3H3. The van der Waals surface area contributed by atoms with Crippen LogP contribution in [0.4, 0.5) is 0 Å². The first-order chi connectivity index (χ1) is 10.0. The van der Waals surface area contributed by atoms with Crippen molar-refractivity contribution in [1.82, 2.24) is 4.90 Å². The van der Waals surface area contributed by atoms with Crippen molar-refractivity contribution in [3.8, 4) is 5.75 Å². The molecule has 0 atom stereocenters. The van der Waals surface area contributed by atoms with Gasteiger partial charge in [0, 0.05) is 12.1 Å². The minimum atomic E-state index is -1.43. The highest BCUT2D eigenvalue weighted by Crippen LogP contribution is 2.26. The summed E-state index contributed by atoms with van der Waals surface area (Å²) in [5.74, 6) is 2.40. The lowest BCUT2D eigenvalue weighted by molar-refractivity contribution is 0.151. The zero-order valence-electron chi connectivity index (χ0n) is 13.2. The summed E-state index contributed by atoms with van der Waals surface area (Å²) in [5, 5.41) is 18.6. The minimum absolute atomic E-state index is 0.517. The first-order valence-electron chi connectivity index (χ1n) is 7.76. The molecule has 0 aromatic heterocycles. The van der Waals surface area contributed by atoms with Gasteiger partial charge in [0.05, 0.1) is 7.11 Å². The van der Waals surface area contributed by atoms with Gasteiger partial charge in [-0.25, -0.2) is 0 Å². The van der Waals surface area contributed by atoms with Crippen LogP contribution in [-0.4, -0.2) is 42.3 Å². The van der Waals surface area contributed by atoms with Crippen molar-refractivity contribution in [2.24, 2.45) is 11.8 Å². The lowest BCUT2D eigenvalue weighted by Gasteiger charge is -2.34. The lowest BCUT2D eigenvalue weighted by Crippen LogP contribution is -2.35. The van der Waals surface area contributed by atoms with Gasteiger partial charge in [-0.05, 0) is 49.3 Å². The van der Waals surface area contributed by atoms with Gasteiger partial charge in [0.2, 0.25) is 0 Å². The van der Waals surface area contributed by atoms with Gasteiger partial charge in [-0.2, -0.15) is 0 Å². The van der Waals surface area contributed by atoms with Crippen molar-refractivity contribution in [3.05, 3.63) is 23.8 Å². The van der Waals surface area contributed by atoms with Crippen LogP contribution in [0.5, 0.6) is 5.75 Å². The van der Waals surface area contributed by atoms with Crippen LogP contribution in [0, 0.1) is 11.8 Å². The summed E-state index contributed by atoms with van der Waals surface area (Å²) >= 11 is 0. The van der Waals surface area contributed by atoms with E-state index in [1.807, 2.05) is 12.1 Å². The van der Waals surface area contributed by atoms with E-state index in [0.29, 0.717) is 5.46 Å². The number of methoxy groups -OCH3 is 1. The SMILES string of the molecule is COc1ccc(B(O)O)cc1CN1CCC(C(C)C)CC1. The molecule has 2 rings (SSSR count). The third-order valence-corrected chi connectivity index (χ3v) is 4.57. The lowest BCUT2D eigenvalue weighted by atomic mass is 9.79. The molecule has 4 nitrogen and oxygen atoms in total. The second-order valence-electron chi connectivity index (χ2n) is 6.30. The molecule has 0 spiro atoms. The number of rotatable bonds is 5. The van der Waals surface area contributed by atoms with E-state index in [4.69, 9.17) is 4.74 Å². The summed E-state index contributed by atoms with van der Waals surface area (Å²) in [5.41, 5.74) is 1.54. The zero-order chi connectivity index (χ0) is 15.4. The number of nitrogens with zero attached hydrogens (tertiary/aromatic N) is 1. The van der Waals surface area contributed by atoms with E-state index in [-0.39, 0.29) is 0 Å². The van der Waals surface area contributed by atoms with Gasteiger partial charge in [0.1, 0.15) is 5.75 Å². The normalized spacial score (nSPS) is 17.2. The number of likely N-dealkylation sites (tertiary alicyclic amines) is 1. The van der Waals surface area contributed by atoms with E-state index < -0.39 is 7.12 Å². The molecule has 1 saturated heterocycles. The van der Waals surface area contributed by atoms with Crippen LogP contribution in [-0.2, 0) is 6.54 Å². The van der Waals surface area contributed by atoms with Gasteiger partial charge in [0.25, 0.3) is 0 Å². The monoisotopic (exact) mass is 291 g/mol. The van der Waals surface area contributed by atoms with Crippen LogP contribution in [0.25, 0.3) is 0 Å². The largest absolute Gasteiger partial charge is 0.496 e. The molecular formula is C16H26BNO3. The van der Waals surface area contributed by atoms with Gasteiger partial charge >= 0.3 is 7.12 Å². The molecule has 1 aliphatic heterocycles. The highest BCUT2D eigenvalue weighted by molar-refractivity contribution is 6.58. The van der Waals surface area contributed by atoms with Crippen molar-refractivity contribution in [2.75, 3.05) is 20.2 Å². The molecule has 21 heavy (non-hydrogen) atoms. The zero-order valence-corrected chi connectivity index (χ0v) is 13.2. The average molecular weight is 291 g/mol. The molecule has 2 N–H and O–H groups in total. The maximum Gasteiger partial charge on any atom is 0.488 e. The van der Waals surface area contributed by atoms with Gasteiger partial charge in [0.15, 0.2) is 0 Å². The summed E-state index contributed by atoms with van der Waals surface area (Å²) in [7, 11) is 0.222. The molecule has 116 valence electrons. The molecule has 0 radical (unpaired) electrons. The Labute approximate surface area is 127 Å². The fourth-order valence-corrected chi connectivity index (χ4v) is 3.10. The number of hydrogen-bond donors (Lipinski definition) is 2. The van der Waals surface area contributed by atoms with E-state index in [1.54, 1.807) is 13.2 Å². The molecule has 0 unspecified atom stereocenters. The molecular weight excluding hydrogens is 265 g/mol. The third kappa shape index (κ3) is 4.22. The van der Waals surface area contributed by atoms with Crippen molar-refractivity contribution in [3.63, 3.8) is 0 Å². The van der Waals surface area contributed by atoms with Gasteiger partial charge in [-0.3, -0.25) is 4.90 Å². The Morgan fingerprint density at radius 1 is 1.29 bits per heavy atom. The second kappa shape index (κ2) is 7.30. The van der Waals surface area contributed by atoms with Gasteiger partial charge in [-0.1, -0.05) is 26.0 Å². The van der Waals surface area contributed by atoms with Crippen LogP contribution in [0.15, 0.2) is 18.2 Å². The quantitative estimate of drug-likeness (QED) is 0.802. The fourth-order valence-electron chi connectivity index (χ4n) is 3.10. The summed E-state index contributed by atoms with van der Waals surface area (Å²) in [6.07, 6.45) is 2.48. The fraction of sp³-hybridized carbons (Fsp3) is 0.625. The summed E-state index contributed by atoms with van der Waals surface area (Å²) < 4.78 is 5.39. The maximum absolute atomic E-state index is 9.31. The second-order valence-corrected chi connectivity index (χ2v) is 6.30. The van der Waals surface area contributed by atoms with Crippen LogP contribution >= 0.6 is 0 Å². The number of ether oxygens (including phenoxy) is 1. The molecule has 0 amide bonds. The van der Waals surface area contributed by atoms with Crippen molar-refractivity contribution in [1.29, 1.82) is 0 Å². The number of hydrogen-bond acceptors (Lipinski definition) is 4. The highest BCUT2D eigenvalue weighted by Gasteiger charge is 2.22. The highest BCUT2D eigenvalue weighted by atomic mass is 16.5. The van der Waals surface area contributed by atoms with Crippen molar-refractivity contribution in [2.45, 2.75) is 33.2 Å². The number of benzene rings is 1. The third-order valence-electron chi connectivity index (χ3n) is 4.57. The predicted octanol–water partition coefficient (Wildman–Crippen LogP) is 1.24. The van der Waals surface area contributed by atoms with Gasteiger partial charge in [-0.15, -0.1) is 0 Å². The Hall–Kier alpha value is -1.04. The molecule has 1 aliphatic rings. The topological polar surface area (TPSA) is 52.9 Å². The van der Waals surface area contributed by atoms with E-state index in [9.17, 15) is 10.0 Å². The maximum atomic E-state index is 9.31. The van der Waals surface area contributed by atoms with Crippen LogP contribution in [0.1, 0.15) is 32.3 Å². The van der Waals surface area contributed by atoms with Crippen LogP contribution in [0.2, 0.25) is 0 Å². The predicted molar refractivity (Wildman–Crippen MR) is 85.7 cm³/mol. The molecule has 5 heteroatoms. The Balaban J connectivity index is 2.04. The van der Waals surface area contributed by atoms with Gasteiger partial charge < -0.3 is 14.8 Å². The van der Waals surface area contributed by atoms with E-state index >= 15 is 0 Å². The Morgan fingerprint density at radius 3 is 2.48 bits per heavy atom. The molecule has 1 aromatic carbocycles. The Morgan fingerprint density at radius 2 is 1.95 bits per heavy atom. The minimum Gasteiger partial charge on any atom is -0.496 e. The van der Waals surface area contributed by atoms with Crippen molar-refractivity contribution < 1.29 is 14.8 Å². The molecule has 1 aromatic rings. The smallest absolute Gasteiger partial charge is 0.488 e. The van der Waals surface area contributed by atoms with Crippen molar-refractivity contribution >= 4 is 12.6 Å². The summed E-state index contributed by atoms with van der Waals surface area (Å²) in [6.45, 7) is 7.59. The summed E-state index contributed by atoms with van der Waals surface area (Å²) in [6, 6.07) is 5.33.